The van der Waals surface area contributed by atoms with Gasteiger partial charge in [0.25, 0.3) is 0 Å². The van der Waals surface area contributed by atoms with Crippen LogP contribution in [0.4, 0.5) is 13.2 Å². The number of aliphatic carboxylic acids is 1. The van der Waals surface area contributed by atoms with E-state index in [1.807, 2.05) is 0 Å². The predicted molar refractivity (Wildman–Crippen MR) is 55.1 cm³/mol. The number of aromatic nitrogens is 3. The minimum atomic E-state index is -4.39. The van der Waals surface area contributed by atoms with Crippen LogP contribution >= 0.6 is 11.8 Å². The number of hydrogen-bond acceptors (Lipinski definition) is 5. The number of carbonyl (C=O) groups is 1. The minimum absolute atomic E-state index is 0.199. The zero-order valence-corrected chi connectivity index (χ0v) is 10.1. The van der Waals surface area contributed by atoms with Gasteiger partial charge in [0.2, 0.25) is 0 Å². The number of carboxylic acids is 1. The van der Waals surface area contributed by atoms with Crippen LogP contribution in [-0.4, -0.2) is 44.4 Å². The van der Waals surface area contributed by atoms with Gasteiger partial charge in [-0.2, -0.15) is 13.2 Å². The summed E-state index contributed by atoms with van der Waals surface area (Å²) in [6, 6.07) is 0. The molecule has 0 aliphatic carbocycles. The van der Waals surface area contributed by atoms with E-state index in [1.54, 1.807) is 0 Å². The summed E-state index contributed by atoms with van der Waals surface area (Å²) in [4.78, 5) is 10.3. The molecule has 0 fully saturated rings. The molecular formula is C8H10F3N3O3S. The molecule has 1 aromatic heterocycles. The van der Waals surface area contributed by atoms with E-state index in [-0.39, 0.29) is 18.2 Å². The predicted octanol–water partition coefficient (Wildman–Crippen LogP) is 1.07. The maximum absolute atomic E-state index is 11.8. The van der Waals surface area contributed by atoms with Crippen molar-refractivity contribution in [3.05, 3.63) is 5.82 Å². The Morgan fingerprint density at radius 2 is 2.17 bits per heavy atom. The first kappa shape index (κ1) is 14.8. The van der Waals surface area contributed by atoms with Gasteiger partial charge in [0, 0.05) is 7.05 Å². The highest BCUT2D eigenvalue weighted by molar-refractivity contribution is 7.99. The van der Waals surface area contributed by atoms with Crippen molar-refractivity contribution in [3.8, 4) is 0 Å². The second-order valence-electron chi connectivity index (χ2n) is 3.25. The van der Waals surface area contributed by atoms with Gasteiger partial charge in [0.1, 0.15) is 13.2 Å². The number of nitrogens with zero attached hydrogens (tertiary/aromatic N) is 3. The molecule has 0 aliphatic heterocycles. The van der Waals surface area contributed by atoms with Crippen LogP contribution in [0, 0.1) is 0 Å². The molecule has 102 valence electrons. The number of ether oxygens (including phenoxy) is 1. The second-order valence-corrected chi connectivity index (χ2v) is 4.19. The highest BCUT2D eigenvalue weighted by Gasteiger charge is 2.27. The summed E-state index contributed by atoms with van der Waals surface area (Å²) < 4.78 is 41.3. The van der Waals surface area contributed by atoms with Crippen molar-refractivity contribution >= 4 is 17.7 Å². The Balaban J connectivity index is 2.50. The lowest BCUT2D eigenvalue weighted by molar-refractivity contribution is -0.177. The van der Waals surface area contributed by atoms with Gasteiger partial charge >= 0.3 is 12.1 Å². The van der Waals surface area contributed by atoms with Crippen molar-refractivity contribution < 1.29 is 27.8 Å². The summed E-state index contributed by atoms with van der Waals surface area (Å²) in [5.74, 6) is -1.01. The average Bonchev–Trinajstić information content (AvgIpc) is 2.56. The van der Waals surface area contributed by atoms with Crippen LogP contribution in [0.3, 0.4) is 0 Å². The van der Waals surface area contributed by atoms with Crippen molar-refractivity contribution in [2.24, 2.45) is 7.05 Å². The van der Waals surface area contributed by atoms with Crippen molar-refractivity contribution in [3.63, 3.8) is 0 Å². The van der Waals surface area contributed by atoms with Crippen LogP contribution in [0.5, 0.6) is 0 Å². The summed E-state index contributed by atoms with van der Waals surface area (Å²) in [7, 11) is 1.52. The standard InChI is InChI=1S/C8H10F3N3O3S/c1-14-5(2-17-4-8(9,10)11)12-13-7(14)18-3-6(15)16/h2-4H2,1H3,(H,15,16). The van der Waals surface area contributed by atoms with Gasteiger partial charge in [-0.3, -0.25) is 4.79 Å². The SMILES string of the molecule is Cn1c(COCC(F)(F)F)nnc1SCC(=O)O. The molecule has 1 aromatic rings. The number of hydrogen-bond donors (Lipinski definition) is 1. The largest absolute Gasteiger partial charge is 0.481 e. The number of thioether (sulfide) groups is 1. The summed E-state index contributed by atoms with van der Waals surface area (Å²) >= 11 is 0.927. The molecule has 0 amide bonds. The molecule has 1 rings (SSSR count). The lowest BCUT2D eigenvalue weighted by Crippen LogP contribution is -2.17. The van der Waals surface area contributed by atoms with Crippen molar-refractivity contribution in [2.45, 2.75) is 17.9 Å². The Morgan fingerprint density at radius 1 is 1.50 bits per heavy atom. The zero-order chi connectivity index (χ0) is 13.8. The third-order valence-corrected chi connectivity index (χ3v) is 2.75. The molecule has 0 bridgehead atoms. The van der Waals surface area contributed by atoms with E-state index >= 15 is 0 Å². The van der Waals surface area contributed by atoms with Gasteiger partial charge in [-0.15, -0.1) is 10.2 Å². The number of alkyl halides is 3. The van der Waals surface area contributed by atoms with Gasteiger partial charge in [0.05, 0.1) is 5.75 Å². The molecule has 0 unspecified atom stereocenters. The third kappa shape index (κ3) is 4.92. The number of halogens is 3. The highest BCUT2D eigenvalue weighted by atomic mass is 32.2. The maximum atomic E-state index is 11.8. The monoisotopic (exact) mass is 285 g/mol. The van der Waals surface area contributed by atoms with E-state index in [0.717, 1.165) is 11.8 Å². The minimum Gasteiger partial charge on any atom is -0.481 e. The van der Waals surface area contributed by atoms with E-state index in [4.69, 9.17) is 5.11 Å². The molecule has 6 nitrogen and oxygen atoms in total. The van der Waals surface area contributed by atoms with Gasteiger partial charge < -0.3 is 14.4 Å². The Kier molecular flexibility index (Phi) is 4.96. The molecule has 0 saturated carbocycles. The van der Waals surface area contributed by atoms with Crippen molar-refractivity contribution in [1.29, 1.82) is 0 Å². The van der Waals surface area contributed by atoms with Gasteiger partial charge in [-0.05, 0) is 0 Å². The Hall–Kier alpha value is -1.29. The quantitative estimate of drug-likeness (QED) is 0.788. The fourth-order valence-electron chi connectivity index (χ4n) is 0.981. The second kappa shape index (κ2) is 6.05. The van der Waals surface area contributed by atoms with Gasteiger partial charge in [-0.25, -0.2) is 0 Å². The summed E-state index contributed by atoms with van der Waals surface area (Å²) in [6.07, 6.45) is -4.39. The van der Waals surface area contributed by atoms with E-state index in [1.165, 1.54) is 11.6 Å². The molecule has 1 heterocycles. The first-order valence-electron chi connectivity index (χ1n) is 4.67. The lowest BCUT2D eigenvalue weighted by Gasteiger charge is -2.07. The average molecular weight is 285 g/mol. The highest BCUT2D eigenvalue weighted by Crippen LogP contribution is 2.17. The zero-order valence-electron chi connectivity index (χ0n) is 9.27. The number of rotatable bonds is 6. The third-order valence-electron chi connectivity index (χ3n) is 1.75. The maximum Gasteiger partial charge on any atom is 0.411 e. The molecule has 0 atom stereocenters. The van der Waals surface area contributed by atoms with Gasteiger partial charge in [-0.1, -0.05) is 11.8 Å². The Bertz CT molecular complexity index is 421. The molecular weight excluding hydrogens is 275 g/mol. The van der Waals surface area contributed by atoms with E-state index < -0.39 is 18.8 Å². The number of carboxylic acid groups (broad SMARTS) is 1. The van der Waals surface area contributed by atoms with E-state index in [0.29, 0.717) is 5.16 Å². The van der Waals surface area contributed by atoms with Crippen molar-refractivity contribution in [1.82, 2.24) is 14.8 Å². The first-order chi connectivity index (χ1) is 8.29. The normalized spacial score (nSPS) is 11.8. The van der Waals surface area contributed by atoms with Gasteiger partial charge in [0.15, 0.2) is 11.0 Å². The molecule has 0 radical (unpaired) electrons. The molecule has 0 spiro atoms. The fourth-order valence-corrected chi connectivity index (χ4v) is 1.63. The summed E-state index contributed by atoms with van der Waals surface area (Å²) in [5.41, 5.74) is 0. The molecule has 10 heteroatoms. The molecule has 18 heavy (non-hydrogen) atoms. The lowest BCUT2D eigenvalue weighted by atomic mass is 10.6. The smallest absolute Gasteiger partial charge is 0.411 e. The molecule has 0 saturated heterocycles. The Labute approximate surface area is 104 Å². The van der Waals surface area contributed by atoms with E-state index in [9.17, 15) is 18.0 Å². The van der Waals surface area contributed by atoms with Crippen LogP contribution < -0.4 is 0 Å². The first-order valence-corrected chi connectivity index (χ1v) is 5.65. The molecule has 0 aliphatic rings. The Morgan fingerprint density at radius 3 is 2.72 bits per heavy atom. The van der Waals surface area contributed by atoms with E-state index in [2.05, 4.69) is 14.9 Å². The van der Waals surface area contributed by atoms with Crippen molar-refractivity contribution in [2.75, 3.05) is 12.4 Å². The van der Waals surface area contributed by atoms with Crippen LogP contribution in [0.25, 0.3) is 0 Å². The van der Waals surface area contributed by atoms with Crippen LogP contribution in [0.15, 0.2) is 5.16 Å². The van der Waals surface area contributed by atoms with Crippen LogP contribution in [0.1, 0.15) is 5.82 Å². The topological polar surface area (TPSA) is 77.2 Å². The molecule has 0 aromatic carbocycles. The molecule has 1 N–H and O–H groups in total. The summed E-state index contributed by atoms with van der Waals surface area (Å²) in [6.45, 7) is -1.70. The summed E-state index contributed by atoms with van der Waals surface area (Å²) in [5, 5.41) is 16.1. The van der Waals surface area contributed by atoms with Crippen LogP contribution in [-0.2, 0) is 23.2 Å². The van der Waals surface area contributed by atoms with Crippen LogP contribution in [0.2, 0.25) is 0 Å². The fraction of sp³-hybridized carbons (Fsp3) is 0.625.